The first kappa shape index (κ1) is 14.5. The Balaban J connectivity index is 1.76. The fraction of sp³-hybridized carbons (Fsp3) is 0.438. The molecule has 0 aliphatic carbocycles. The zero-order chi connectivity index (χ0) is 15.7. The molecule has 3 heterocycles. The van der Waals surface area contributed by atoms with Crippen LogP contribution in [-0.2, 0) is 0 Å². The maximum Gasteiger partial charge on any atom is 0.273 e. The molecule has 2 aromatic heterocycles. The van der Waals surface area contributed by atoms with Crippen LogP contribution in [0, 0.1) is 12.3 Å². The van der Waals surface area contributed by atoms with Gasteiger partial charge in [0, 0.05) is 32.4 Å². The van der Waals surface area contributed by atoms with Crippen molar-refractivity contribution in [2.24, 2.45) is 0 Å². The summed E-state index contributed by atoms with van der Waals surface area (Å²) in [5.41, 5.74) is 0.860. The normalized spacial score (nSPS) is 16.7. The van der Waals surface area contributed by atoms with E-state index in [1.54, 1.807) is 6.20 Å². The van der Waals surface area contributed by atoms with E-state index in [4.69, 9.17) is 6.42 Å². The van der Waals surface area contributed by atoms with E-state index >= 15 is 0 Å². The smallest absolute Gasteiger partial charge is 0.273 e. The number of rotatable bonds is 2. The highest BCUT2D eigenvalue weighted by atomic mass is 16.2. The first-order chi connectivity index (χ1) is 10.5. The lowest BCUT2D eigenvalue weighted by atomic mass is 10.0. The summed E-state index contributed by atoms with van der Waals surface area (Å²) in [6, 6.07) is 1.83. The Hall–Kier alpha value is -2.39. The Kier molecular flexibility index (Phi) is 3.59. The van der Waals surface area contributed by atoms with Gasteiger partial charge in [-0.1, -0.05) is 5.92 Å². The van der Waals surface area contributed by atoms with Gasteiger partial charge in [0.25, 0.3) is 5.91 Å². The van der Waals surface area contributed by atoms with E-state index in [-0.39, 0.29) is 11.4 Å². The third-order valence-corrected chi connectivity index (χ3v) is 4.27. The van der Waals surface area contributed by atoms with Crippen molar-refractivity contribution in [3.8, 4) is 12.3 Å². The number of piperazine rings is 1. The Morgan fingerprint density at radius 3 is 2.73 bits per heavy atom. The zero-order valence-corrected chi connectivity index (χ0v) is 12.8. The molecule has 0 unspecified atom stereocenters. The molecule has 0 radical (unpaired) electrons. The SMILES string of the molecule is C#CC(C)(C)N1CCN(C(=O)c2ncnc3[nH]ccc23)CC1. The fourth-order valence-electron chi connectivity index (χ4n) is 2.75. The van der Waals surface area contributed by atoms with Crippen LogP contribution in [0.15, 0.2) is 18.6 Å². The second-order valence-corrected chi connectivity index (χ2v) is 5.94. The maximum absolute atomic E-state index is 12.7. The summed E-state index contributed by atoms with van der Waals surface area (Å²) in [6.45, 7) is 6.89. The van der Waals surface area contributed by atoms with Crippen LogP contribution in [0.2, 0.25) is 0 Å². The van der Waals surface area contributed by atoms with Crippen molar-refractivity contribution >= 4 is 16.9 Å². The van der Waals surface area contributed by atoms with Gasteiger partial charge in [-0.2, -0.15) is 0 Å². The van der Waals surface area contributed by atoms with E-state index in [2.05, 4.69) is 25.8 Å². The standard InChI is InChI=1S/C16H19N5O/c1-4-16(2,3)21-9-7-20(8-10-21)15(22)13-12-5-6-17-14(12)19-11-18-13/h1,5-6,11H,7-10H2,2-3H3,(H,17,18,19). The summed E-state index contributed by atoms with van der Waals surface area (Å²) < 4.78 is 0. The van der Waals surface area contributed by atoms with Crippen LogP contribution in [0.1, 0.15) is 24.3 Å². The molecule has 1 fully saturated rings. The highest BCUT2D eigenvalue weighted by molar-refractivity contribution is 6.03. The lowest BCUT2D eigenvalue weighted by Gasteiger charge is -2.41. The number of hydrogen-bond donors (Lipinski definition) is 1. The molecule has 3 rings (SSSR count). The van der Waals surface area contributed by atoms with E-state index < -0.39 is 0 Å². The fourth-order valence-corrected chi connectivity index (χ4v) is 2.75. The largest absolute Gasteiger partial charge is 0.346 e. The summed E-state index contributed by atoms with van der Waals surface area (Å²) in [5.74, 6) is 2.75. The molecule has 1 aliphatic rings. The van der Waals surface area contributed by atoms with Gasteiger partial charge in [0.15, 0.2) is 0 Å². The van der Waals surface area contributed by atoms with Crippen molar-refractivity contribution in [2.45, 2.75) is 19.4 Å². The minimum Gasteiger partial charge on any atom is -0.346 e. The molecule has 0 atom stereocenters. The number of terminal acetylenes is 1. The third-order valence-electron chi connectivity index (χ3n) is 4.27. The first-order valence-electron chi connectivity index (χ1n) is 7.33. The molecule has 6 heteroatoms. The van der Waals surface area contributed by atoms with Crippen molar-refractivity contribution in [3.05, 3.63) is 24.3 Å². The molecular formula is C16H19N5O. The summed E-state index contributed by atoms with van der Waals surface area (Å²) in [7, 11) is 0. The van der Waals surface area contributed by atoms with Crippen LogP contribution in [0.4, 0.5) is 0 Å². The van der Waals surface area contributed by atoms with Gasteiger partial charge in [0.1, 0.15) is 17.7 Å². The van der Waals surface area contributed by atoms with Crippen LogP contribution >= 0.6 is 0 Å². The van der Waals surface area contributed by atoms with Crippen LogP contribution in [0.5, 0.6) is 0 Å². The Labute approximate surface area is 129 Å². The topological polar surface area (TPSA) is 65.1 Å². The third kappa shape index (κ3) is 2.44. The van der Waals surface area contributed by atoms with Crippen LogP contribution in [0.3, 0.4) is 0 Å². The second kappa shape index (κ2) is 5.43. The molecule has 2 aromatic rings. The molecule has 1 N–H and O–H groups in total. The number of nitrogens with one attached hydrogen (secondary N) is 1. The van der Waals surface area contributed by atoms with Gasteiger partial charge in [-0.15, -0.1) is 6.42 Å². The molecule has 6 nitrogen and oxygen atoms in total. The number of H-pyrrole nitrogens is 1. The van der Waals surface area contributed by atoms with Gasteiger partial charge in [0.2, 0.25) is 0 Å². The second-order valence-electron chi connectivity index (χ2n) is 5.94. The molecular weight excluding hydrogens is 278 g/mol. The van der Waals surface area contributed by atoms with Gasteiger partial charge >= 0.3 is 0 Å². The van der Waals surface area contributed by atoms with E-state index in [0.29, 0.717) is 24.4 Å². The molecule has 0 aromatic carbocycles. The summed E-state index contributed by atoms with van der Waals surface area (Å²) >= 11 is 0. The zero-order valence-electron chi connectivity index (χ0n) is 12.8. The monoisotopic (exact) mass is 297 g/mol. The number of amides is 1. The number of fused-ring (bicyclic) bond motifs is 1. The first-order valence-corrected chi connectivity index (χ1v) is 7.33. The van der Waals surface area contributed by atoms with E-state index in [0.717, 1.165) is 18.5 Å². The Morgan fingerprint density at radius 1 is 1.32 bits per heavy atom. The maximum atomic E-state index is 12.7. The van der Waals surface area contributed by atoms with Gasteiger partial charge in [-0.3, -0.25) is 9.69 Å². The van der Waals surface area contributed by atoms with E-state index in [1.165, 1.54) is 6.33 Å². The summed E-state index contributed by atoms with van der Waals surface area (Å²) in [5, 5.41) is 0.763. The van der Waals surface area contributed by atoms with Crippen LogP contribution < -0.4 is 0 Å². The van der Waals surface area contributed by atoms with E-state index in [9.17, 15) is 4.79 Å². The van der Waals surface area contributed by atoms with E-state index in [1.807, 2.05) is 24.8 Å². The lowest BCUT2D eigenvalue weighted by Crippen LogP contribution is -2.55. The van der Waals surface area contributed by atoms with Gasteiger partial charge < -0.3 is 9.88 Å². The summed E-state index contributed by atoms with van der Waals surface area (Å²) in [4.78, 5) is 28.0. The number of nitrogens with zero attached hydrogens (tertiary/aromatic N) is 4. The quantitative estimate of drug-likeness (QED) is 0.844. The predicted molar refractivity (Wildman–Crippen MR) is 84.3 cm³/mol. The van der Waals surface area contributed by atoms with Crippen molar-refractivity contribution in [1.82, 2.24) is 24.8 Å². The van der Waals surface area contributed by atoms with Crippen LogP contribution in [0.25, 0.3) is 11.0 Å². The highest BCUT2D eigenvalue weighted by Crippen LogP contribution is 2.19. The minimum atomic E-state index is -0.280. The molecule has 114 valence electrons. The molecule has 0 saturated carbocycles. The summed E-state index contributed by atoms with van der Waals surface area (Å²) in [6.07, 6.45) is 8.77. The number of aromatic amines is 1. The molecule has 0 spiro atoms. The number of carbonyl (C=O) groups is 1. The van der Waals surface area contributed by atoms with Crippen LogP contribution in [-0.4, -0.2) is 62.4 Å². The lowest BCUT2D eigenvalue weighted by molar-refractivity contribution is 0.0521. The average Bonchev–Trinajstić information content (AvgIpc) is 3.03. The van der Waals surface area contributed by atoms with Gasteiger partial charge in [0.05, 0.1) is 10.9 Å². The molecule has 1 aliphatic heterocycles. The minimum absolute atomic E-state index is 0.0508. The Bertz CT molecular complexity index is 734. The number of carbonyl (C=O) groups excluding carboxylic acids is 1. The highest BCUT2D eigenvalue weighted by Gasteiger charge is 2.30. The molecule has 1 saturated heterocycles. The number of hydrogen-bond acceptors (Lipinski definition) is 4. The average molecular weight is 297 g/mol. The van der Waals surface area contributed by atoms with Crippen molar-refractivity contribution < 1.29 is 4.79 Å². The van der Waals surface area contributed by atoms with Crippen molar-refractivity contribution in [1.29, 1.82) is 0 Å². The predicted octanol–water partition coefficient (Wildman–Crippen LogP) is 1.13. The Morgan fingerprint density at radius 2 is 2.05 bits per heavy atom. The van der Waals surface area contributed by atoms with Crippen molar-refractivity contribution in [3.63, 3.8) is 0 Å². The number of aromatic nitrogens is 3. The molecule has 1 amide bonds. The van der Waals surface area contributed by atoms with Gasteiger partial charge in [-0.25, -0.2) is 9.97 Å². The van der Waals surface area contributed by atoms with Gasteiger partial charge in [-0.05, 0) is 19.9 Å². The molecule has 0 bridgehead atoms. The molecule has 22 heavy (non-hydrogen) atoms. The van der Waals surface area contributed by atoms with Crippen molar-refractivity contribution in [2.75, 3.05) is 26.2 Å².